The van der Waals surface area contributed by atoms with Gasteiger partial charge in [0.25, 0.3) is 11.8 Å². The molecule has 9 nitrogen and oxygen atoms in total. The van der Waals surface area contributed by atoms with Crippen LogP contribution in [-0.2, 0) is 17.7 Å². The third-order valence-electron chi connectivity index (χ3n) is 6.55. The summed E-state index contributed by atoms with van der Waals surface area (Å²) in [5.41, 5.74) is 0.692. The second-order valence-electron chi connectivity index (χ2n) is 9.26. The summed E-state index contributed by atoms with van der Waals surface area (Å²) in [5, 5.41) is 11.2. The fraction of sp³-hybridized carbons (Fsp3) is 0.583. The number of nitrogens with zero attached hydrogens (tertiary/aromatic N) is 4. The number of methoxy groups -OCH3 is 1. The van der Waals surface area contributed by atoms with Crippen LogP contribution in [0.2, 0.25) is 0 Å². The van der Waals surface area contributed by atoms with Gasteiger partial charge in [-0.25, -0.2) is 0 Å². The van der Waals surface area contributed by atoms with Gasteiger partial charge < -0.3 is 24.3 Å². The molecular weight excluding hydrogens is 422 g/mol. The third-order valence-corrected chi connectivity index (χ3v) is 6.55. The predicted molar refractivity (Wildman–Crippen MR) is 122 cm³/mol. The van der Waals surface area contributed by atoms with Crippen LogP contribution in [0.5, 0.6) is 5.75 Å². The number of carbonyl (C=O) groups excluding carboxylic acids is 2. The summed E-state index contributed by atoms with van der Waals surface area (Å²) in [6, 6.07) is 7.43. The Labute approximate surface area is 194 Å². The monoisotopic (exact) mass is 455 g/mol. The van der Waals surface area contributed by atoms with Gasteiger partial charge in [-0.3, -0.25) is 9.59 Å². The molecule has 2 amide bonds. The largest absolute Gasteiger partial charge is 0.491 e. The molecule has 178 valence electrons. The molecule has 1 N–H and O–H groups in total. The van der Waals surface area contributed by atoms with Crippen molar-refractivity contribution in [1.82, 2.24) is 25.0 Å². The van der Waals surface area contributed by atoms with Gasteiger partial charge in [0, 0.05) is 45.3 Å². The highest BCUT2D eigenvalue weighted by atomic mass is 16.5. The smallest absolute Gasteiger partial charge is 0.289 e. The number of ether oxygens (including phenoxy) is 2. The maximum absolute atomic E-state index is 13.2. The number of aromatic nitrogens is 3. The first-order valence-corrected chi connectivity index (χ1v) is 11.7. The number of hydrogen-bond donors (Lipinski definition) is 1. The molecule has 1 saturated heterocycles. The van der Waals surface area contributed by atoms with Crippen LogP contribution < -0.4 is 10.1 Å². The average Bonchev–Trinajstić information content (AvgIpc) is 3.35. The topological polar surface area (TPSA) is 98.6 Å². The summed E-state index contributed by atoms with van der Waals surface area (Å²) in [4.78, 5) is 27.7. The lowest BCUT2D eigenvalue weighted by Gasteiger charge is -2.27. The molecule has 1 aromatic heterocycles. The van der Waals surface area contributed by atoms with Gasteiger partial charge in [-0.1, -0.05) is 6.07 Å². The molecule has 1 spiro atoms. The Morgan fingerprint density at radius 2 is 2.00 bits per heavy atom. The highest BCUT2D eigenvalue weighted by Gasteiger charge is 2.41. The number of carbonyl (C=O) groups is 2. The van der Waals surface area contributed by atoms with E-state index in [1.54, 1.807) is 7.11 Å². The molecule has 1 aromatic carbocycles. The lowest BCUT2D eigenvalue weighted by molar-refractivity contribution is 0.0766. The number of aryl methyl sites for hydroxylation is 1. The zero-order valence-corrected chi connectivity index (χ0v) is 19.7. The van der Waals surface area contributed by atoms with Gasteiger partial charge in [0.15, 0.2) is 0 Å². The van der Waals surface area contributed by atoms with Crippen molar-refractivity contribution in [1.29, 1.82) is 0 Å². The number of amides is 2. The van der Waals surface area contributed by atoms with Gasteiger partial charge in [-0.05, 0) is 56.7 Å². The Hall–Kier alpha value is -2.94. The predicted octanol–water partition coefficient (Wildman–Crippen LogP) is 2.31. The molecule has 2 aliphatic heterocycles. The molecule has 2 aromatic rings. The molecule has 0 aliphatic carbocycles. The van der Waals surface area contributed by atoms with Gasteiger partial charge in [-0.15, -0.1) is 10.2 Å². The number of hydrogen-bond acceptors (Lipinski definition) is 6. The Kier molecular flexibility index (Phi) is 6.97. The van der Waals surface area contributed by atoms with E-state index >= 15 is 0 Å². The van der Waals surface area contributed by atoms with Crippen molar-refractivity contribution in [2.75, 3.05) is 33.4 Å². The molecule has 2 aliphatic rings. The molecule has 4 rings (SSSR count). The second-order valence-corrected chi connectivity index (χ2v) is 9.26. The Balaban J connectivity index is 1.41. The van der Waals surface area contributed by atoms with Crippen LogP contribution >= 0.6 is 0 Å². The average molecular weight is 456 g/mol. The minimum Gasteiger partial charge on any atom is -0.491 e. The Bertz CT molecular complexity index is 1000. The van der Waals surface area contributed by atoms with Crippen LogP contribution in [0.25, 0.3) is 0 Å². The summed E-state index contributed by atoms with van der Waals surface area (Å²) in [6.45, 7) is 6.96. The van der Waals surface area contributed by atoms with Crippen LogP contribution in [0.4, 0.5) is 0 Å². The van der Waals surface area contributed by atoms with E-state index in [-0.39, 0.29) is 23.3 Å². The first-order valence-electron chi connectivity index (χ1n) is 11.7. The highest BCUT2D eigenvalue weighted by Crippen LogP contribution is 2.41. The molecule has 33 heavy (non-hydrogen) atoms. The summed E-state index contributed by atoms with van der Waals surface area (Å²) in [7, 11) is 1.60. The summed E-state index contributed by atoms with van der Waals surface area (Å²) in [5.74, 6) is 1.73. The maximum atomic E-state index is 13.2. The van der Waals surface area contributed by atoms with E-state index in [4.69, 9.17) is 9.47 Å². The SMILES string of the molecule is COCCNC(=O)c1nnc2n1CCC1(CC2)CCN(C(=O)c2cccc(OC(C)C)c2)C1. The number of likely N-dealkylation sites (tertiary alicyclic amines) is 1. The molecular formula is C24H33N5O4. The molecule has 1 atom stereocenters. The van der Waals surface area contributed by atoms with E-state index in [1.165, 1.54) is 0 Å². The first-order chi connectivity index (χ1) is 15.9. The minimum absolute atomic E-state index is 0.0339. The van der Waals surface area contributed by atoms with Gasteiger partial charge in [0.1, 0.15) is 11.6 Å². The van der Waals surface area contributed by atoms with Gasteiger partial charge in [0.2, 0.25) is 5.82 Å². The molecule has 3 heterocycles. The van der Waals surface area contributed by atoms with Crippen LogP contribution in [-0.4, -0.2) is 70.9 Å². The van der Waals surface area contributed by atoms with Gasteiger partial charge >= 0.3 is 0 Å². The second kappa shape index (κ2) is 9.91. The standard InChI is InChI=1S/C24H33N5O4/c1-17(2)33-19-6-4-5-18(15-19)23(31)28-12-9-24(16-28)8-7-20-26-27-21(29(20)13-10-24)22(30)25-11-14-32-3/h4-6,15,17H,7-14,16H2,1-3H3,(H,25,30). The lowest BCUT2D eigenvalue weighted by atomic mass is 9.80. The Morgan fingerprint density at radius 1 is 1.18 bits per heavy atom. The zero-order valence-electron chi connectivity index (χ0n) is 19.7. The number of nitrogens with one attached hydrogen (secondary N) is 1. The fourth-order valence-electron chi connectivity index (χ4n) is 4.79. The molecule has 1 unspecified atom stereocenters. The third kappa shape index (κ3) is 5.19. The molecule has 0 saturated carbocycles. The zero-order chi connectivity index (χ0) is 23.4. The first kappa shape index (κ1) is 23.2. The number of benzene rings is 1. The number of fused-ring (bicyclic) bond motifs is 1. The molecule has 9 heteroatoms. The van der Waals surface area contributed by atoms with E-state index in [0.29, 0.717) is 43.4 Å². The van der Waals surface area contributed by atoms with Crippen molar-refractivity contribution in [3.63, 3.8) is 0 Å². The normalized spacial score (nSPS) is 20.1. The molecule has 0 radical (unpaired) electrons. The number of rotatable bonds is 7. The van der Waals surface area contributed by atoms with Crippen molar-refractivity contribution in [3.8, 4) is 5.75 Å². The molecule has 1 fully saturated rings. The van der Waals surface area contributed by atoms with Crippen molar-refractivity contribution in [2.24, 2.45) is 5.41 Å². The summed E-state index contributed by atoms with van der Waals surface area (Å²) in [6.07, 6.45) is 3.57. The van der Waals surface area contributed by atoms with Crippen molar-refractivity contribution < 1.29 is 19.1 Å². The lowest BCUT2D eigenvalue weighted by Crippen LogP contribution is -2.33. The summed E-state index contributed by atoms with van der Waals surface area (Å²) < 4.78 is 12.7. The quantitative estimate of drug-likeness (QED) is 0.644. The van der Waals surface area contributed by atoms with E-state index < -0.39 is 0 Å². The van der Waals surface area contributed by atoms with Gasteiger partial charge in [0.05, 0.1) is 12.7 Å². The van der Waals surface area contributed by atoms with E-state index in [1.807, 2.05) is 47.6 Å². The van der Waals surface area contributed by atoms with E-state index in [0.717, 1.165) is 38.1 Å². The highest BCUT2D eigenvalue weighted by molar-refractivity contribution is 5.94. The van der Waals surface area contributed by atoms with Crippen LogP contribution in [0, 0.1) is 5.41 Å². The van der Waals surface area contributed by atoms with Gasteiger partial charge in [-0.2, -0.15) is 0 Å². The molecule has 0 bridgehead atoms. The van der Waals surface area contributed by atoms with Crippen molar-refractivity contribution >= 4 is 11.8 Å². The minimum atomic E-state index is -0.228. The van der Waals surface area contributed by atoms with E-state index in [2.05, 4.69) is 15.5 Å². The fourth-order valence-corrected chi connectivity index (χ4v) is 4.79. The van der Waals surface area contributed by atoms with E-state index in [9.17, 15) is 9.59 Å². The summed E-state index contributed by atoms with van der Waals surface area (Å²) >= 11 is 0. The van der Waals surface area contributed by atoms with Crippen molar-refractivity contribution in [2.45, 2.75) is 52.2 Å². The van der Waals surface area contributed by atoms with Crippen molar-refractivity contribution in [3.05, 3.63) is 41.5 Å². The van der Waals surface area contributed by atoms with Crippen LogP contribution in [0.15, 0.2) is 24.3 Å². The van der Waals surface area contributed by atoms with Crippen LogP contribution in [0.1, 0.15) is 59.9 Å². The van der Waals surface area contributed by atoms with Crippen LogP contribution in [0.3, 0.4) is 0 Å². The Morgan fingerprint density at radius 3 is 2.79 bits per heavy atom. The maximum Gasteiger partial charge on any atom is 0.289 e.